The van der Waals surface area contributed by atoms with Crippen LogP contribution in [-0.2, 0) is 0 Å². The Hall–Kier alpha value is -1.58. The zero-order chi connectivity index (χ0) is 24.7. The normalized spacial score (nSPS) is 40.4. The zero-order valence-corrected chi connectivity index (χ0v) is 22.6. The van der Waals surface area contributed by atoms with Gasteiger partial charge in [-0.05, 0) is 104 Å². The number of urea groups is 1. The molecular weight excluding hydrogens is 418 g/mol. The third-order valence-electron chi connectivity index (χ3n) is 11.0. The summed E-state index contributed by atoms with van der Waals surface area (Å²) in [5.74, 6) is 5.43. The van der Waals surface area contributed by atoms with Crippen molar-refractivity contribution in [3.63, 3.8) is 0 Å². The van der Waals surface area contributed by atoms with Crippen LogP contribution >= 0.6 is 0 Å². The Balaban J connectivity index is 1.50. The van der Waals surface area contributed by atoms with E-state index < -0.39 is 6.03 Å². The van der Waals surface area contributed by atoms with Crippen molar-refractivity contribution in [2.75, 3.05) is 0 Å². The first-order chi connectivity index (χ1) is 16.1. The third kappa shape index (κ3) is 4.51. The molecule has 8 atom stereocenters. The zero-order valence-electron chi connectivity index (χ0n) is 22.6. The number of nitrogens with zero attached hydrogens (tertiary/aromatic N) is 1. The average Bonchev–Trinajstić information content (AvgIpc) is 3.15. The van der Waals surface area contributed by atoms with Gasteiger partial charge in [-0.25, -0.2) is 10.2 Å². The molecule has 3 N–H and O–H groups in total. The fourth-order valence-electron chi connectivity index (χ4n) is 8.90. The molecule has 4 aliphatic rings. The van der Waals surface area contributed by atoms with E-state index in [1.165, 1.54) is 38.5 Å². The maximum atomic E-state index is 11.1. The molecule has 0 aromatic rings. The molecule has 4 heteroatoms. The highest BCUT2D eigenvalue weighted by Gasteiger charge is 2.58. The second-order valence-electron chi connectivity index (χ2n) is 12.9. The second-order valence-corrected chi connectivity index (χ2v) is 12.9. The molecule has 4 nitrogen and oxygen atoms in total. The molecule has 4 rings (SSSR count). The second kappa shape index (κ2) is 9.82. The first-order valence-electron chi connectivity index (χ1n) is 14.1. The summed E-state index contributed by atoms with van der Waals surface area (Å²) >= 11 is 0. The molecule has 0 bridgehead atoms. The van der Waals surface area contributed by atoms with Gasteiger partial charge in [0.25, 0.3) is 0 Å². The van der Waals surface area contributed by atoms with Crippen molar-refractivity contribution in [3.05, 3.63) is 23.8 Å². The number of hydrazone groups is 1. The fraction of sp³-hybridized carbons (Fsp3) is 0.800. The number of amides is 2. The van der Waals surface area contributed by atoms with Crippen LogP contribution in [0.15, 0.2) is 28.9 Å². The Kier molecular flexibility index (Phi) is 7.37. The van der Waals surface area contributed by atoms with Gasteiger partial charge in [-0.15, -0.1) is 0 Å². The van der Waals surface area contributed by atoms with Crippen LogP contribution in [0.3, 0.4) is 0 Å². The van der Waals surface area contributed by atoms with Gasteiger partial charge in [0.1, 0.15) is 0 Å². The van der Waals surface area contributed by atoms with Crippen molar-refractivity contribution in [2.45, 2.75) is 99.3 Å². The van der Waals surface area contributed by atoms with Gasteiger partial charge in [-0.2, -0.15) is 5.10 Å². The number of carbonyl (C=O) groups excluding carboxylic acids is 1. The average molecular weight is 468 g/mol. The summed E-state index contributed by atoms with van der Waals surface area (Å²) < 4.78 is 0. The highest BCUT2D eigenvalue weighted by Crippen LogP contribution is 2.67. The third-order valence-corrected chi connectivity index (χ3v) is 11.0. The summed E-state index contributed by atoms with van der Waals surface area (Å²) in [6.45, 7) is 14.7. The minimum absolute atomic E-state index is 0.297. The monoisotopic (exact) mass is 467 g/mol. The Morgan fingerprint density at radius 3 is 2.62 bits per heavy atom. The first-order valence-corrected chi connectivity index (χ1v) is 14.1. The molecule has 0 aromatic carbocycles. The SMILES string of the molecule is CC[C@@H](/C=C/[C@@H](C)[C@H]1CC[C@H]2[C@@H]3CC=C4C/C(=N\NC(N)=O)CC[C@]4(C)[C@H]3CC[C@]12C)C(C)C. The molecule has 0 aromatic heterocycles. The van der Waals surface area contributed by atoms with Gasteiger partial charge in [0.05, 0.1) is 0 Å². The van der Waals surface area contributed by atoms with E-state index in [2.05, 4.69) is 70.3 Å². The topological polar surface area (TPSA) is 67.5 Å². The summed E-state index contributed by atoms with van der Waals surface area (Å²) in [5.41, 5.74) is 11.1. The number of nitrogens with two attached hydrogens (primary N) is 1. The van der Waals surface area contributed by atoms with Crippen molar-refractivity contribution in [3.8, 4) is 0 Å². The van der Waals surface area contributed by atoms with Gasteiger partial charge in [-0.1, -0.05) is 65.3 Å². The van der Waals surface area contributed by atoms with Gasteiger partial charge in [0.2, 0.25) is 0 Å². The Bertz CT molecular complexity index is 857. The van der Waals surface area contributed by atoms with E-state index in [0.717, 1.165) is 54.6 Å². The minimum Gasteiger partial charge on any atom is -0.350 e. The molecule has 0 aliphatic heterocycles. The van der Waals surface area contributed by atoms with Crippen LogP contribution in [0.2, 0.25) is 0 Å². The quantitative estimate of drug-likeness (QED) is 0.309. The predicted molar refractivity (Wildman–Crippen MR) is 142 cm³/mol. The van der Waals surface area contributed by atoms with E-state index in [-0.39, 0.29) is 0 Å². The standard InChI is InChI=1S/C30H49N3O/c1-7-21(19(2)3)9-8-20(4)25-12-13-26-24-11-10-22-18-23(32-33-28(31)34)14-16-29(22,5)27(24)15-17-30(25,26)6/h8-10,19-21,24-27H,7,11-18H2,1-6H3,(H3,31,33,34)/b9-8+,32-23-/t20-,21+,24+,25-,26+,27+,29+,30-/m1/s1. The molecule has 0 saturated heterocycles. The first kappa shape index (κ1) is 25.5. The maximum Gasteiger partial charge on any atom is 0.332 e. The lowest BCUT2D eigenvalue weighted by molar-refractivity contribution is -0.0428. The molecule has 0 heterocycles. The largest absolute Gasteiger partial charge is 0.350 e. The number of hydrogen-bond donors (Lipinski definition) is 2. The van der Waals surface area contributed by atoms with Crippen LogP contribution in [0.25, 0.3) is 0 Å². The predicted octanol–water partition coefficient (Wildman–Crippen LogP) is 7.46. The molecule has 34 heavy (non-hydrogen) atoms. The lowest BCUT2D eigenvalue weighted by Gasteiger charge is -2.58. The van der Waals surface area contributed by atoms with Gasteiger partial charge in [0.15, 0.2) is 0 Å². The lowest BCUT2D eigenvalue weighted by Crippen LogP contribution is -2.50. The van der Waals surface area contributed by atoms with Crippen LogP contribution < -0.4 is 11.2 Å². The summed E-state index contributed by atoms with van der Waals surface area (Å²) in [6, 6.07) is -0.570. The van der Waals surface area contributed by atoms with Crippen molar-refractivity contribution in [1.82, 2.24) is 5.43 Å². The number of rotatable bonds is 6. The van der Waals surface area contributed by atoms with Crippen molar-refractivity contribution in [2.24, 2.45) is 63.1 Å². The van der Waals surface area contributed by atoms with Gasteiger partial charge in [0, 0.05) is 12.1 Å². The fourth-order valence-corrected chi connectivity index (χ4v) is 8.90. The molecular formula is C30H49N3O. The van der Waals surface area contributed by atoms with Crippen LogP contribution in [-0.4, -0.2) is 11.7 Å². The molecule has 190 valence electrons. The minimum atomic E-state index is -0.570. The van der Waals surface area contributed by atoms with Gasteiger partial charge in [-0.3, -0.25) is 0 Å². The molecule has 0 spiro atoms. The summed E-state index contributed by atoms with van der Waals surface area (Å²) in [5, 5.41) is 4.29. The van der Waals surface area contributed by atoms with Crippen LogP contribution in [0.1, 0.15) is 99.3 Å². The highest BCUT2D eigenvalue weighted by atomic mass is 16.2. The van der Waals surface area contributed by atoms with Crippen molar-refractivity contribution >= 4 is 11.7 Å². The maximum absolute atomic E-state index is 11.1. The number of hydrogen-bond acceptors (Lipinski definition) is 2. The van der Waals surface area contributed by atoms with Crippen molar-refractivity contribution < 1.29 is 4.79 Å². The molecule has 0 unspecified atom stereocenters. The van der Waals surface area contributed by atoms with E-state index in [1.807, 2.05) is 0 Å². The van der Waals surface area contributed by atoms with Crippen LogP contribution in [0, 0.1) is 52.3 Å². The molecule has 3 fully saturated rings. The molecule has 0 radical (unpaired) electrons. The Morgan fingerprint density at radius 1 is 1.18 bits per heavy atom. The lowest BCUT2D eigenvalue weighted by atomic mass is 9.47. The Labute approximate surface area is 208 Å². The van der Waals surface area contributed by atoms with Gasteiger partial charge < -0.3 is 5.73 Å². The van der Waals surface area contributed by atoms with E-state index >= 15 is 0 Å². The van der Waals surface area contributed by atoms with Crippen LogP contribution in [0.5, 0.6) is 0 Å². The summed E-state index contributed by atoms with van der Waals surface area (Å²) in [6.07, 6.45) is 18.8. The number of nitrogens with one attached hydrogen (secondary N) is 1. The summed E-state index contributed by atoms with van der Waals surface area (Å²) in [4.78, 5) is 11.1. The van der Waals surface area contributed by atoms with E-state index in [1.54, 1.807) is 5.57 Å². The van der Waals surface area contributed by atoms with E-state index in [4.69, 9.17) is 5.73 Å². The van der Waals surface area contributed by atoms with Crippen LogP contribution in [0.4, 0.5) is 4.79 Å². The number of carbonyl (C=O) groups is 1. The number of allylic oxidation sites excluding steroid dienone is 4. The van der Waals surface area contributed by atoms with E-state index in [9.17, 15) is 4.79 Å². The van der Waals surface area contributed by atoms with Crippen molar-refractivity contribution in [1.29, 1.82) is 0 Å². The molecule has 4 aliphatic carbocycles. The smallest absolute Gasteiger partial charge is 0.332 e. The van der Waals surface area contributed by atoms with Gasteiger partial charge >= 0.3 is 6.03 Å². The van der Waals surface area contributed by atoms with E-state index in [0.29, 0.717) is 22.7 Å². The molecule has 2 amide bonds. The highest BCUT2D eigenvalue weighted by molar-refractivity contribution is 5.89. The molecule has 3 saturated carbocycles. The number of primary amides is 1. The Morgan fingerprint density at radius 2 is 1.94 bits per heavy atom. The summed E-state index contributed by atoms with van der Waals surface area (Å²) in [7, 11) is 0. The number of fused-ring (bicyclic) bond motifs is 5.